The molecule has 1 saturated heterocycles. The molecule has 0 saturated carbocycles. The third-order valence-electron chi connectivity index (χ3n) is 6.31. The number of aromatic nitrogens is 3. The van der Waals surface area contributed by atoms with E-state index in [0.29, 0.717) is 25.3 Å². The quantitative estimate of drug-likeness (QED) is 0.379. The summed E-state index contributed by atoms with van der Waals surface area (Å²) in [7, 11) is 1.83. The molecule has 5 rings (SSSR count). The predicted octanol–water partition coefficient (Wildman–Crippen LogP) is 4.93. The normalized spacial score (nSPS) is 14.9. The van der Waals surface area contributed by atoms with E-state index in [9.17, 15) is 4.39 Å². The van der Waals surface area contributed by atoms with Gasteiger partial charge in [-0.1, -0.05) is 12.1 Å². The van der Waals surface area contributed by atoms with Crippen LogP contribution in [0.2, 0.25) is 0 Å². The van der Waals surface area contributed by atoms with E-state index < -0.39 is 0 Å². The van der Waals surface area contributed by atoms with Gasteiger partial charge in [-0.05, 0) is 50.7 Å². The van der Waals surface area contributed by atoms with Crippen LogP contribution in [0.25, 0.3) is 21.2 Å². The number of fused-ring (bicyclic) bond motifs is 1. The van der Waals surface area contributed by atoms with Crippen LogP contribution in [-0.2, 0) is 11.3 Å². The van der Waals surface area contributed by atoms with E-state index in [1.165, 1.54) is 6.07 Å². The fraction of sp³-hybridized carbons (Fsp3) is 0.346. The van der Waals surface area contributed by atoms with Gasteiger partial charge in [0.15, 0.2) is 5.82 Å². The van der Waals surface area contributed by atoms with Gasteiger partial charge in [0.25, 0.3) is 0 Å². The Kier molecular flexibility index (Phi) is 6.90. The topological polar surface area (TPSA) is 75.2 Å². The highest BCUT2D eigenvalue weighted by atomic mass is 32.1. The van der Waals surface area contributed by atoms with Crippen LogP contribution in [0.5, 0.6) is 0 Å². The molecule has 0 bridgehead atoms. The number of ether oxygens (including phenoxy) is 1. The molecule has 3 aromatic heterocycles. The van der Waals surface area contributed by atoms with Crippen LogP contribution in [0, 0.1) is 12.7 Å². The second-order valence-corrected chi connectivity index (χ2v) is 9.80. The predicted molar refractivity (Wildman–Crippen MR) is 140 cm³/mol. The Morgan fingerprint density at radius 3 is 2.77 bits per heavy atom. The standard InChI is InChI=1S/C26H29FN6OS/c1-16-20-15-29-25(33-9-11-34-12-10-33)13-19(20)26(32-31-16)30-17(2)23-7-8-24(35-23)18-5-4-6-22(27)21(18)14-28-3/h4-8,13,15,17,28H,9-12,14H2,1-3H3,(H,30,32). The van der Waals surface area contributed by atoms with Crippen LogP contribution in [-0.4, -0.2) is 48.5 Å². The Morgan fingerprint density at radius 2 is 1.97 bits per heavy atom. The zero-order valence-electron chi connectivity index (χ0n) is 20.1. The molecular formula is C26H29FN6OS. The van der Waals surface area contributed by atoms with Gasteiger partial charge < -0.3 is 20.3 Å². The molecule has 4 aromatic rings. The Bertz CT molecular complexity index is 1340. The SMILES string of the molecule is CNCc1c(F)cccc1-c1ccc(C(C)Nc2nnc(C)c3cnc(N4CCOCC4)cc23)s1. The first-order chi connectivity index (χ1) is 17.0. The number of hydrogen-bond acceptors (Lipinski definition) is 8. The molecule has 35 heavy (non-hydrogen) atoms. The molecule has 4 heterocycles. The number of benzene rings is 1. The summed E-state index contributed by atoms with van der Waals surface area (Å²) >= 11 is 1.66. The Labute approximate surface area is 208 Å². The van der Waals surface area contributed by atoms with Crippen molar-refractivity contribution in [2.45, 2.75) is 26.4 Å². The van der Waals surface area contributed by atoms with Gasteiger partial charge in [-0.2, -0.15) is 5.10 Å². The zero-order valence-corrected chi connectivity index (χ0v) is 21.0. The van der Waals surface area contributed by atoms with E-state index in [4.69, 9.17) is 4.74 Å². The van der Waals surface area contributed by atoms with Crippen LogP contribution in [0.4, 0.5) is 16.0 Å². The van der Waals surface area contributed by atoms with Gasteiger partial charge >= 0.3 is 0 Å². The van der Waals surface area contributed by atoms with Gasteiger partial charge in [-0.25, -0.2) is 9.37 Å². The molecule has 1 unspecified atom stereocenters. The maximum Gasteiger partial charge on any atom is 0.157 e. The molecule has 7 nitrogen and oxygen atoms in total. The zero-order chi connectivity index (χ0) is 24.4. The number of hydrogen-bond donors (Lipinski definition) is 2. The van der Waals surface area contributed by atoms with E-state index >= 15 is 0 Å². The van der Waals surface area contributed by atoms with Crippen molar-refractivity contribution in [3.63, 3.8) is 0 Å². The van der Waals surface area contributed by atoms with E-state index in [0.717, 1.165) is 56.5 Å². The molecule has 1 aliphatic rings. The molecule has 2 N–H and O–H groups in total. The Balaban J connectivity index is 1.43. The molecule has 182 valence electrons. The van der Waals surface area contributed by atoms with Crippen LogP contribution in [0.3, 0.4) is 0 Å². The first-order valence-corrected chi connectivity index (χ1v) is 12.6. The van der Waals surface area contributed by atoms with Crippen molar-refractivity contribution in [1.82, 2.24) is 20.5 Å². The molecule has 9 heteroatoms. The van der Waals surface area contributed by atoms with Gasteiger partial charge in [-0.15, -0.1) is 16.4 Å². The summed E-state index contributed by atoms with van der Waals surface area (Å²) in [6.07, 6.45) is 1.89. The molecule has 1 fully saturated rings. The van der Waals surface area contributed by atoms with Crippen molar-refractivity contribution in [3.05, 3.63) is 64.5 Å². The van der Waals surface area contributed by atoms with Crippen molar-refractivity contribution in [2.75, 3.05) is 43.6 Å². The second-order valence-electron chi connectivity index (χ2n) is 8.69. The number of rotatable bonds is 7. The van der Waals surface area contributed by atoms with Crippen molar-refractivity contribution < 1.29 is 9.13 Å². The average molecular weight is 493 g/mol. The van der Waals surface area contributed by atoms with Crippen molar-refractivity contribution >= 4 is 33.7 Å². The summed E-state index contributed by atoms with van der Waals surface area (Å²) in [5.41, 5.74) is 2.45. The first kappa shape index (κ1) is 23.6. The molecule has 1 aromatic carbocycles. The number of morpholine rings is 1. The fourth-order valence-corrected chi connectivity index (χ4v) is 5.45. The van der Waals surface area contributed by atoms with Crippen molar-refractivity contribution in [1.29, 1.82) is 0 Å². The maximum absolute atomic E-state index is 14.4. The summed E-state index contributed by atoms with van der Waals surface area (Å²) < 4.78 is 19.9. The fourth-order valence-electron chi connectivity index (χ4n) is 4.39. The Hall–Kier alpha value is -3.14. The molecule has 0 spiro atoms. The maximum atomic E-state index is 14.4. The van der Waals surface area contributed by atoms with Crippen molar-refractivity contribution in [2.24, 2.45) is 0 Å². The van der Waals surface area contributed by atoms with Crippen LogP contribution >= 0.6 is 11.3 Å². The minimum absolute atomic E-state index is 0.00438. The van der Waals surface area contributed by atoms with Gasteiger partial charge in [0, 0.05) is 51.9 Å². The van der Waals surface area contributed by atoms with Crippen LogP contribution in [0.1, 0.15) is 29.1 Å². The lowest BCUT2D eigenvalue weighted by Crippen LogP contribution is -2.36. The average Bonchev–Trinajstić information content (AvgIpc) is 3.38. The van der Waals surface area contributed by atoms with Gasteiger partial charge in [0.2, 0.25) is 0 Å². The highest BCUT2D eigenvalue weighted by molar-refractivity contribution is 7.15. The number of pyridine rings is 1. The van der Waals surface area contributed by atoms with Crippen LogP contribution in [0.15, 0.2) is 42.6 Å². The summed E-state index contributed by atoms with van der Waals surface area (Å²) in [5, 5.41) is 17.5. The minimum atomic E-state index is -0.191. The summed E-state index contributed by atoms with van der Waals surface area (Å²) in [6, 6.07) is 11.5. The lowest BCUT2D eigenvalue weighted by Gasteiger charge is -2.28. The smallest absolute Gasteiger partial charge is 0.157 e. The molecule has 1 aliphatic heterocycles. The third kappa shape index (κ3) is 4.84. The molecular weight excluding hydrogens is 463 g/mol. The lowest BCUT2D eigenvalue weighted by molar-refractivity contribution is 0.122. The number of thiophene rings is 1. The largest absolute Gasteiger partial charge is 0.378 e. The van der Waals surface area contributed by atoms with E-state index in [1.54, 1.807) is 17.4 Å². The number of anilines is 2. The third-order valence-corrected chi connectivity index (χ3v) is 7.62. The minimum Gasteiger partial charge on any atom is -0.378 e. The second kappa shape index (κ2) is 10.2. The summed E-state index contributed by atoms with van der Waals surface area (Å²) in [5.74, 6) is 1.46. The number of halogens is 1. The number of nitrogens with one attached hydrogen (secondary N) is 2. The molecule has 1 atom stereocenters. The highest BCUT2D eigenvalue weighted by Crippen LogP contribution is 2.36. The lowest BCUT2D eigenvalue weighted by atomic mass is 10.1. The van der Waals surface area contributed by atoms with Gasteiger partial charge in [0.05, 0.1) is 24.9 Å². The van der Waals surface area contributed by atoms with Gasteiger partial charge in [0.1, 0.15) is 11.6 Å². The van der Waals surface area contributed by atoms with Crippen LogP contribution < -0.4 is 15.5 Å². The monoisotopic (exact) mass is 492 g/mol. The Morgan fingerprint density at radius 1 is 1.14 bits per heavy atom. The highest BCUT2D eigenvalue weighted by Gasteiger charge is 2.18. The first-order valence-electron chi connectivity index (χ1n) is 11.8. The molecule has 0 aliphatic carbocycles. The summed E-state index contributed by atoms with van der Waals surface area (Å²) in [4.78, 5) is 9.09. The van der Waals surface area contributed by atoms with Crippen molar-refractivity contribution in [3.8, 4) is 10.4 Å². The van der Waals surface area contributed by atoms with E-state index in [2.05, 4.69) is 55.8 Å². The van der Waals surface area contributed by atoms with E-state index in [1.807, 2.05) is 26.2 Å². The van der Waals surface area contributed by atoms with E-state index in [-0.39, 0.29) is 11.9 Å². The molecule has 0 amide bonds. The van der Waals surface area contributed by atoms with Gasteiger partial charge in [-0.3, -0.25) is 0 Å². The number of nitrogens with zero attached hydrogens (tertiary/aromatic N) is 4. The molecule has 0 radical (unpaired) electrons. The summed E-state index contributed by atoms with van der Waals surface area (Å²) in [6.45, 7) is 7.59. The number of aryl methyl sites for hydroxylation is 1.